The van der Waals surface area contributed by atoms with Crippen molar-refractivity contribution in [1.29, 1.82) is 0 Å². The Kier molecular flexibility index (Phi) is 6.55. The standard InChI is InChI=1S/C19H20N2O4/c1-23-16-9-6-14(7-10-16)5-4-12-20-19(22)21-15-8-11-17(24-2)18(13-15)25-3/h6-11,13H,12H2,1-3H3,(H2,20,21,22). The zero-order valence-corrected chi connectivity index (χ0v) is 14.4. The van der Waals surface area contributed by atoms with Crippen LogP contribution in [0.5, 0.6) is 17.2 Å². The van der Waals surface area contributed by atoms with E-state index in [0.29, 0.717) is 17.2 Å². The summed E-state index contributed by atoms with van der Waals surface area (Å²) in [7, 11) is 4.71. The molecule has 0 atom stereocenters. The molecule has 2 N–H and O–H groups in total. The first-order valence-electron chi connectivity index (χ1n) is 7.56. The minimum absolute atomic E-state index is 0.227. The maximum atomic E-state index is 11.9. The predicted octanol–water partition coefficient (Wildman–Crippen LogP) is 2.89. The second-order valence-electron chi connectivity index (χ2n) is 4.91. The van der Waals surface area contributed by atoms with Crippen molar-refractivity contribution in [3.05, 3.63) is 48.0 Å². The summed E-state index contributed by atoms with van der Waals surface area (Å²) in [5.41, 5.74) is 1.45. The summed E-state index contributed by atoms with van der Waals surface area (Å²) in [6.45, 7) is 0.227. The van der Waals surface area contributed by atoms with Gasteiger partial charge in [0.15, 0.2) is 11.5 Å². The van der Waals surface area contributed by atoms with Gasteiger partial charge in [0, 0.05) is 17.3 Å². The summed E-state index contributed by atoms with van der Waals surface area (Å²) < 4.78 is 15.4. The lowest BCUT2D eigenvalue weighted by Crippen LogP contribution is -2.28. The van der Waals surface area contributed by atoms with Gasteiger partial charge in [-0.15, -0.1) is 0 Å². The first-order chi connectivity index (χ1) is 12.2. The van der Waals surface area contributed by atoms with Gasteiger partial charge in [-0.2, -0.15) is 0 Å². The van der Waals surface area contributed by atoms with Gasteiger partial charge in [0.2, 0.25) is 0 Å². The van der Waals surface area contributed by atoms with Crippen LogP contribution in [0, 0.1) is 11.8 Å². The van der Waals surface area contributed by atoms with Gasteiger partial charge in [-0.25, -0.2) is 4.79 Å². The van der Waals surface area contributed by atoms with E-state index < -0.39 is 0 Å². The Labute approximate surface area is 147 Å². The maximum absolute atomic E-state index is 11.9. The summed E-state index contributed by atoms with van der Waals surface area (Å²) in [5, 5.41) is 5.38. The van der Waals surface area contributed by atoms with Gasteiger partial charge >= 0.3 is 6.03 Å². The molecule has 0 saturated carbocycles. The van der Waals surface area contributed by atoms with Gasteiger partial charge in [0.05, 0.1) is 27.9 Å². The summed E-state index contributed by atoms with van der Waals surface area (Å²) >= 11 is 0. The molecule has 2 aromatic rings. The van der Waals surface area contributed by atoms with Crippen LogP contribution in [0.4, 0.5) is 10.5 Å². The van der Waals surface area contributed by atoms with E-state index in [4.69, 9.17) is 14.2 Å². The van der Waals surface area contributed by atoms with Gasteiger partial charge in [-0.05, 0) is 36.4 Å². The molecule has 0 aromatic heterocycles. The van der Waals surface area contributed by atoms with Crippen LogP contribution in [-0.2, 0) is 0 Å². The lowest BCUT2D eigenvalue weighted by atomic mass is 10.2. The van der Waals surface area contributed by atoms with Crippen molar-refractivity contribution in [3.63, 3.8) is 0 Å². The number of rotatable bonds is 5. The topological polar surface area (TPSA) is 68.8 Å². The highest BCUT2D eigenvalue weighted by molar-refractivity contribution is 5.89. The third-order valence-electron chi connectivity index (χ3n) is 3.30. The van der Waals surface area contributed by atoms with Crippen LogP contribution < -0.4 is 24.8 Å². The average Bonchev–Trinajstić information content (AvgIpc) is 2.65. The smallest absolute Gasteiger partial charge is 0.319 e. The first-order valence-corrected chi connectivity index (χ1v) is 7.56. The number of hydrogen-bond donors (Lipinski definition) is 2. The van der Waals surface area contributed by atoms with E-state index in [1.54, 1.807) is 32.4 Å². The van der Waals surface area contributed by atoms with Crippen LogP contribution in [0.2, 0.25) is 0 Å². The zero-order valence-electron chi connectivity index (χ0n) is 14.4. The number of amides is 2. The van der Waals surface area contributed by atoms with Crippen molar-refractivity contribution in [3.8, 4) is 29.1 Å². The van der Waals surface area contributed by atoms with Crippen LogP contribution >= 0.6 is 0 Å². The molecule has 25 heavy (non-hydrogen) atoms. The van der Waals surface area contributed by atoms with Gasteiger partial charge in [0.25, 0.3) is 0 Å². The fourth-order valence-corrected chi connectivity index (χ4v) is 2.03. The number of urea groups is 1. The highest BCUT2D eigenvalue weighted by Crippen LogP contribution is 2.29. The van der Waals surface area contributed by atoms with Crippen LogP contribution in [-0.4, -0.2) is 33.9 Å². The summed E-state index contributed by atoms with van der Waals surface area (Å²) in [6, 6.07) is 12.2. The van der Waals surface area contributed by atoms with E-state index in [1.165, 1.54) is 7.11 Å². The molecule has 130 valence electrons. The fourth-order valence-electron chi connectivity index (χ4n) is 2.03. The number of carbonyl (C=O) groups is 1. The SMILES string of the molecule is COc1ccc(C#CCNC(=O)Nc2ccc(OC)c(OC)c2)cc1. The number of ether oxygens (including phenoxy) is 3. The van der Waals surface area contributed by atoms with E-state index in [2.05, 4.69) is 22.5 Å². The molecule has 0 aliphatic carbocycles. The van der Waals surface area contributed by atoms with Crippen LogP contribution in [0.3, 0.4) is 0 Å². The fraction of sp³-hybridized carbons (Fsp3) is 0.211. The van der Waals surface area contributed by atoms with Gasteiger partial charge < -0.3 is 24.8 Å². The molecule has 0 unspecified atom stereocenters. The molecule has 2 rings (SSSR count). The Morgan fingerprint density at radius 1 is 0.960 bits per heavy atom. The minimum Gasteiger partial charge on any atom is -0.497 e. The predicted molar refractivity (Wildman–Crippen MR) is 96.4 cm³/mol. The third kappa shape index (κ3) is 5.36. The molecule has 0 heterocycles. The van der Waals surface area contributed by atoms with Crippen LogP contribution in [0.15, 0.2) is 42.5 Å². The molecule has 0 saturated heterocycles. The molecule has 2 aromatic carbocycles. The van der Waals surface area contributed by atoms with Crippen molar-refractivity contribution >= 4 is 11.7 Å². The van der Waals surface area contributed by atoms with Crippen molar-refractivity contribution in [1.82, 2.24) is 5.32 Å². The molecule has 6 heteroatoms. The molecule has 6 nitrogen and oxygen atoms in total. The molecule has 0 bridgehead atoms. The van der Waals surface area contributed by atoms with Crippen molar-refractivity contribution in [2.45, 2.75) is 0 Å². The number of benzene rings is 2. The number of anilines is 1. The first kappa shape index (κ1) is 18.0. The Morgan fingerprint density at radius 3 is 2.32 bits per heavy atom. The Hall–Kier alpha value is -3.33. The molecule has 0 aliphatic heterocycles. The van der Waals surface area contributed by atoms with Crippen molar-refractivity contribution in [2.24, 2.45) is 0 Å². The molecular formula is C19H20N2O4. The van der Waals surface area contributed by atoms with Crippen molar-refractivity contribution in [2.75, 3.05) is 33.2 Å². The second-order valence-corrected chi connectivity index (χ2v) is 4.91. The normalized spacial score (nSPS) is 9.40. The Bertz CT molecular complexity index is 776. The summed E-state index contributed by atoms with van der Waals surface area (Å²) in [5.74, 6) is 7.77. The monoisotopic (exact) mass is 340 g/mol. The molecule has 0 aliphatic rings. The number of carbonyl (C=O) groups excluding carboxylic acids is 1. The van der Waals surface area contributed by atoms with E-state index >= 15 is 0 Å². The van der Waals surface area contributed by atoms with Gasteiger partial charge in [-0.1, -0.05) is 11.8 Å². The molecular weight excluding hydrogens is 320 g/mol. The minimum atomic E-state index is -0.351. The van der Waals surface area contributed by atoms with E-state index in [9.17, 15) is 4.79 Å². The number of methoxy groups -OCH3 is 3. The quantitative estimate of drug-likeness (QED) is 0.821. The number of hydrogen-bond acceptors (Lipinski definition) is 4. The lowest BCUT2D eigenvalue weighted by molar-refractivity contribution is 0.253. The van der Waals surface area contributed by atoms with E-state index in [-0.39, 0.29) is 12.6 Å². The van der Waals surface area contributed by atoms with E-state index in [1.807, 2.05) is 24.3 Å². The summed E-state index contributed by atoms with van der Waals surface area (Å²) in [4.78, 5) is 11.9. The molecule has 2 amide bonds. The second kappa shape index (κ2) is 9.08. The number of nitrogens with one attached hydrogen (secondary N) is 2. The molecule has 0 fully saturated rings. The zero-order chi connectivity index (χ0) is 18.1. The van der Waals surface area contributed by atoms with Crippen LogP contribution in [0.25, 0.3) is 0 Å². The van der Waals surface area contributed by atoms with Gasteiger partial charge in [-0.3, -0.25) is 0 Å². The Morgan fingerprint density at radius 2 is 1.68 bits per heavy atom. The highest BCUT2D eigenvalue weighted by Gasteiger charge is 2.06. The third-order valence-corrected chi connectivity index (χ3v) is 3.30. The largest absolute Gasteiger partial charge is 0.497 e. The van der Waals surface area contributed by atoms with E-state index in [0.717, 1.165) is 11.3 Å². The Balaban J connectivity index is 1.85. The average molecular weight is 340 g/mol. The van der Waals surface area contributed by atoms with Crippen LogP contribution in [0.1, 0.15) is 5.56 Å². The van der Waals surface area contributed by atoms with Crippen molar-refractivity contribution < 1.29 is 19.0 Å². The lowest BCUT2D eigenvalue weighted by Gasteiger charge is -2.10. The van der Waals surface area contributed by atoms with Gasteiger partial charge in [0.1, 0.15) is 5.75 Å². The maximum Gasteiger partial charge on any atom is 0.319 e. The molecule has 0 spiro atoms. The molecule has 0 radical (unpaired) electrons. The summed E-state index contributed by atoms with van der Waals surface area (Å²) in [6.07, 6.45) is 0. The highest BCUT2D eigenvalue weighted by atomic mass is 16.5.